The van der Waals surface area contributed by atoms with E-state index in [0.717, 1.165) is 19.2 Å². The Hall–Kier alpha value is -4.60. The molecule has 1 aliphatic rings. The summed E-state index contributed by atoms with van der Waals surface area (Å²) >= 11 is 0. The number of amides is 2. The molecule has 0 bridgehead atoms. The fourth-order valence-electron chi connectivity index (χ4n) is 4.89. The smallest absolute Gasteiger partial charge is 0.351 e. The highest BCUT2D eigenvalue weighted by atomic mass is 19.4. The average molecular weight is 606 g/mol. The standard InChI is InChI=1S/C27H28F5N9O2/c1-2-15-9-16(3-4-18(15)26(43)36-12-22(42)37-17-5-6-33-10-17)38-24-25-35-11-20(41(25)8-7-34-24)19-13-40(14-21(28)29)39-23(19)27(30,31)32/h3-4,7-9,11,13,17,21,33H,2,5-6,10,12,14H2,1H3,(H,34,38)(H,36,43)(H,37,42)/t17-/m1/s1. The maximum absolute atomic E-state index is 13.7. The molecule has 2 amide bonds. The first-order valence-corrected chi connectivity index (χ1v) is 13.5. The number of hydrogen-bond acceptors (Lipinski definition) is 7. The molecule has 4 N–H and O–H groups in total. The second-order valence-corrected chi connectivity index (χ2v) is 9.91. The number of halogens is 5. The summed E-state index contributed by atoms with van der Waals surface area (Å²) in [5.74, 6) is -0.478. The van der Waals surface area contributed by atoms with Gasteiger partial charge in [-0.3, -0.25) is 18.7 Å². The number of aryl methyl sites for hydroxylation is 1. The van der Waals surface area contributed by atoms with E-state index in [2.05, 4.69) is 36.3 Å². The summed E-state index contributed by atoms with van der Waals surface area (Å²) in [7, 11) is 0. The van der Waals surface area contributed by atoms with Crippen LogP contribution in [0, 0.1) is 0 Å². The van der Waals surface area contributed by atoms with Gasteiger partial charge in [0.2, 0.25) is 5.91 Å². The summed E-state index contributed by atoms with van der Waals surface area (Å²) in [6.45, 7) is 2.23. The number of benzene rings is 1. The van der Waals surface area contributed by atoms with Crippen molar-refractivity contribution in [2.45, 2.75) is 45.0 Å². The number of nitrogens with one attached hydrogen (secondary N) is 4. The molecule has 0 unspecified atom stereocenters. The molecule has 1 aromatic carbocycles. The first-order valence-electron chi connectivity index (χ1n) is 13.5. The van der Waals surface area contributed by atoms with Gasteiger partial charge >= 0.3 is 6.18 Å². The van der Waals surface area contributed by atoms with Crippen LogP contribution in [-0.2, 0) is 23.9 Å². The molecule has 1 saturated heterocycles. The Kier molecular flexibility index (Phi) is 8.57. The lowest BCUT2D eigenvalue weighted by molar-refractivity contribution is -0.141. The Morgan fingerprint density at radius 3 is 2.72 bits per heavy atom. The minimum Gasteiger partial charge on any atom is -0.351 e. The first kappa shape index (κ1) is 29.9. The Bertz CT molecular complexity index is 1630. The molecule has 4 heterocycles. The Morgan fingerprint density at radius 2 is 2.02 bits per heavy atom. The van der Waals surface area contributed by atoms with Crippen molar-refractivity contribution in [1.82, 2.24) is 40.1 Å². The number of rotatable bonds is 10. The highest BCUT2D eigenvalue weighted by Crippen LogP contribution is 2.37. The number of carbonyl (C=O) groups excluding carboxylic acids is 2. The molecule has 3 aromatic heterocycles. The number of aromatic nitrogens is 5. The molecule has 1 atom stereocenters. The molecule has 0 spiro atoms. The zero-order valence-corrected chi connectivity index (χ0v) is 22.9. The van der Waals surface area contributed by atoms with Crippen LogP contribution >= 0.6 is 0 Å². The number of alkyl halides is 5. The van der Waals surface area contributed by atoms with Gasteiger partial charge in [0, 0.05) is 42.4 Å². The molecule has 11 nitrogen and oxygen atoms in total. The average Bonchev–Trinajstić information content (AvgIpc) is 3.71. The SMILES string of the molecule is CCc1cc(Nc2nccn3c(-c4cn(CC(F)F)nc4C(F)(F)F)cnc23)ccc1C(=O)NCC(=O)N[C@@H]1CCNC1. The van der Waals surface area contributed by atoms with E-state index in [-0.39, 0.29) is 35.7 Å². The third kappa shape index (κ3) is 6.74. The molecular formula is C27H28F5N9O2. The predicted molar refractivity (Wildman–Crippen MR) is 146 cm³/mol. The van der Waals surface area contributed by atoms with Crippen molar-refractivity contribution in [1.29, 1.82) is 0 Å². The molecule has 4 aromatic rings. The third-order valence-electron chi connectivity index (χ3n) is 6.89. The zero-order valence-electron chi connectivity index (χ0n) is 22.9. The highest BCUT2D eigenvalue weighted by Gasteiger charge is 2.38. The van der Waals surface area contributed by atoms with Crippen LogP contribution in [0.5, 0.6) is 0 Å². The molecule has 1 aliphatic heterocycles. The van der Waals surface area contributed by atoms with Gasteiger partial charge in [-0.25, -0.2) is 18.7 Å². The summed E-state index contributed by atoms with van der Waals surface area (Å²) in [5.41, 5.74) is 0.0492. The summed E-state index contributed by atoms with van der Waals surface area (Å²) < 4.78 is 68.8. The maximum atomic E-state index is 13.7. The van der Waals surface area contributed by atoms with Gasteiger partial charge in [-0.15, -0.1) is 0 Å². The second kappa shape index (κ2) is 12.3. The molecule has 16 heteroatoms. The summed E-state index contributed by atoms with van der Waals surface area (Å²) in [6.07, 6.45) is -1.60. The van der Waals surface area contributed by atoms with E-state index in [1.165, 1.54) is 23.0 Å². The van der Waals surface area contributed by atoms with Gasteiger partial charge in [0.05, 0.1) is 24.0 Å². The normalized spacial score (nSPS) is 15.3. The zero-order chi connectivity index (χ0) is 30.7. The number of hydrogen-bond donors (Lipinski definition) is 4. The topological polar surface area (TPSA) is 130 Å². The third-order valence-corrected chi connectivity index (χ3v) is 6.89. The van der Waals surface area contributed by atoms with Gasteiger partial charge in [0.1, 0.15) is 6.54 Å². The van der Waals surface area contributed by atoms with Crippen LogP contribution in [0.4, 0.5) is 33.5 Å². The van der Waals surface area contributed by atoms with E-state index >= 15 is 0 Å². The van der Waals surface area contributed by atoms with E-state index < -0.39 is 36.3 Å². The fraction of sp³-hybridized carbons (Fsp3) is 0.370. The highest BCUT2D eigenvalue weighted by molar-refractivity contribution is 5.98. The van der Waals surface area contributed by atoms with Crippen molar-refractivity contribution in [2.24, 2.45) is 0 Å². The van der Waals surface area contributed by atoms with Gasteiger partial charge in [-0.05, 0) is 43.1 Å². The number of nitrogens with zero attached hydrogens (tertiary/aromatic N) is 5. The summed E-state index contributed by atoms with van der Waals surface area (Å²) in [4.78, 5) is 33.5. The van der Waals surface area contributed by atoms with Gasteiger partial charge in [-0.2, -0.15) is 18.3 Å². The van der Waals surface area contributed by atoms with Gasteiger partial charge in [0.25, 0.3) is 12.3 Å². The van der Waals surface area contributed by atoms with E-state index in [4.69, 9.17) is 0 Å². The molecule has 5 rings (SSSR count). The molecule has 228 valence electrons. The lowest BCUT2D eigenvalue weighted by Gasteiger charge is -2.14. The minimum absolute atomic E-state index is 0.0113. The van der Waals surface area contributed by atoms with E-state index in [0.29, 0.717) is 34.5 Å². The molecule has 0 aliphatic carbocycles. The van der Waals surface area contributed by atoms with E-state index in [1.807, 2.05) is 6.92 Å². The molecule has 1 fully saturated rings. The first-order chi connectivity index (χ1) is 20.5. The van der Waals surface area contributed by atoms with Gasteiger partial charge in [-0.1, -0.05) is 6.92 Å². The summed E-state index contributed by atoms with van der Waals surface area (Å²) in [6, 6.07) is 4.99. The summed E-state index contributed by atoms with van der Waals surface area (Å²) in [5, 5.41) is 15.1. The van der Waals surface area contributed by atoms with Crippen molar-refractivity contribution in [3.63, 3.8) is 0 Å². The van der Waals surface area contributed by atoms with Crippen molar-refractivity contribution in [3.8, 4) is 11.3 Å². The molecule has 43 heavy (non-hydrogen) atoms. The monoisotopic (exact) mass is 605 g/mol. The molecule has 0 radical (unpaired) electrons. The van der Waals surface area contributed by atoms with E-state index in [1.54, 1.807) is 18.2 Å². The number of carbonyl (C=O) groups is 2. The Balaban J connectivity index is 1.35. The van der Waals surface area contributed by atoms with E-state index in [9.17, 15) is 31.5 Å². The van der Waals surface area contributed by atoms with Crippen LogP contribution in [0.1, 0.15) is 35.0 Å². The van der Waals surface area contributed by atoms with Crippen LogP contribution < -0.4 is 21.3 Å². The largest absolute Gasteiger partial charge is 0.435 e. The quantitative estimate of drug-likeness (QED) is 0.204. The predicted octanol–water partition coefficient (Wildman–Crippen LogP) is 3.39. The van der Waals surface area contributed by atoms with Crippen LogP contribution in [-0.4, -0.2) is 68.1 Å². The molecular weight excluding hydrogens is 577 g/mol. The van der Waals surface area contributed by atoms with Crippen molar-refractivity contribution in [3.05, 3.63) is 59.8 Å². The number of imidazole rings is 1. The lowest BCUT2D eigenvalue weighted by atomic mass is 10.0. The van der Waals surface area contributed by atoms with Crippen LogP contribution in [0.2, 0.25) is 0 Å². The Labute approximate surface area is 241 Å². The van der Waals surface area contributed by atoms with Crippen molar-refractivity contribution >= 4 is 29.0 Å². The lowest BCUT2D eigenvalue weighted by Crippen LogP contribution is -2.42. The van der Waals surface area contributed by atoms with Crippen LogP contribution in [0.25, 0.3) is 16.9 Å². The van der Waals surface area contributed by atoms with Crippen LogP contribution in [0.15, 0.2) is 43.0 Å². The number of anilines is 2. The molecule has 0 saturated carbocycles. The minimum atomic E-state index is -4.89. The number of fused-ring (bicyclic) bond motifs is 1. The second-order valence-electron chi connectivity index (χ2n) is 9.91. The van der Waals surface area contributed by atoms with Crippen molar-refractivity contribution < 1.29 is 31.5 Å². The van der Waals surface area contributed by atoms with Gasteiger partial charge < -0.3 is 21.3 Å². The maximum Gasteiger partial charge on any atom is 0.435 e. The Morgan fingerprint density at radius 1 is 1.21 bits per heavy atom. The fourth-order valence-corrected chi connectivity index (χ4v) is 4.89. The van der Waals surface area contributed by atoms with Crippen LogP contribution in [0.3, 0.4) is 0 Å². The van der Waals surface area contributed by atoms with Crippen molar-refractivity contribution in [2.75, 3.05) is 25.0 Å². The van der Waals surface area contributed by atoms with Gasteiger partial charge in [0.15, 0.2) is 17.2 Å².